The molecule has 0 aromatic heterocycles. The van der Waals surface area contributed by atoms with Crippen LogP contribution in [0.4, 0.5) is 0 Å². The largest absolute Gasteiger partial charge is 0.303 e. The first-order valence-corrected chi connectivity index (χ1v) is 2.59. The van der Waals surface area contributed by atoms with Crippen LogP contribution in [0.1, 0.15) is 13.3 Å². The minimum Gasteiger partial charge on any atom is -0.303 e. The summed E-state index contributed by atoms with van der Waals surface area (Å²) in [6, 6.07) is 0. The molecular weight excluding hydrogens is 128 g/mol. The van der Waals surface area contributed by atoms with Gasteiger partial charge in [-0.3, -0.25) is 0 Å². The molecule has 1 atom stereocenters. The van der Waals surface area contributed by atoms with E-state index < -0.39 is 4.87 Å². The summed E-state index contributed by atoms with van der Waals surface area (Å²) in [5.74, 6) is 0. The van der Waals surface area contributed by atoms with E-state index >= 15 is 0 Å². The van der Waals surface area contributed by atoms with Gasteiger partial charge in [0.15, 0.2) is 0 Å². The van der Waals surface area contributed by atoms with E-state index in [1.807, 2.05) is 0 Å². The maximum Gasteiger partial charge on any atom is 0.141 e. The molecule has 0 amide bonds. The molecule has 0 saturated heterocycles. The molecule has 0 aliphatic rings. The number of aldehydes is 2. The second kappa shape index (κ2) is 2.82. The smallest absolute Gasteiger partial charge is 0.141 e. The number of hydrogen-bond donors (Lipinski definition) is 0. The van der Waals surface area contributed by atoms with Crippen LogP contribution in [0.25, 0.3) is 0 Å². The molecule has 2 nitrogen and oxygen atoms in total. The molecule has 0 N–H and O–H groups in total. The van der Waals surface area contributed by atoms with Crippen molar-refractivity contribution >= 4 is 24.2 Å². The lowest BCUT2D eigenvalue weighted by molar-refractivity contribution is -0.114. The zero-order valence-electron chi connectivity index (χ0n) is 4.56. The molecule has 0 radical (unpaired) electrons. The summed E-state index contributed by atoms with van der Waals surface area (Å²) in [7, 11) is 0. The van der Waals surface area contributed by atoms with Gasteiger partial charge in [0.25, 0.3) is 0 Å². The van der Waals surface area contributed by atoms with Crippen molar-refractivity contribution in [1.29, 1.82) is 0 Å². The summed E-state index contributed by atoms with van der Waals surface area (Å²) in [5, 5.41) is 0. The minimum absolute atomic E-state index is 0.0814. The molecule has 0 rings (SSSR count). The van der Waals surface area contributed by atoms with Crippen molar-refractivity contribution < 1.29 is 9.59 Å². The number of carbonyl (C=O) groups is 2. The monoisotopic (exact) mass is 134 g/mol. The Morgan fingerprint density at radius 1 is 1.62 bits per heavy atom. The van der Waals surface area contributed by atoms with E-state index in [0.29, 0.717) is 12.6 Å². The van der Waals surface area contributed by atoms with Gasteiger partial charge in [0.05, 0.1) is 0 Å². The van der Waals surface area contributed by atoms with Crippen molar-refractivity contribution in [1.82, 2.24) is 0 Å². The molecule has 0 heterocycles. The first kappa shape index (κ1) is 7.63. The zero-order valence-corrected chi connectivity index (χ0v) is 5.31. The highest BCUT2D eigenvalue weighted by Gasteiger charge is 2.17. The maximum atomic E-state index is 9.93. The molecule has 0 aliphatic heterocycles. The van der Waals surface area contributed by atoms with Gasteiger partial charge in [0, 0.05) is 6.42 Å². The van der Waals surface area contributed by atoms with E-state index in [2.05, 4.69) is 0 Å². The number of rotatable bonds is 3. The van der Waals surface area contributed by atoms with Crippen LogP contribution >= 0.6 is 11.6 Å². The predicted molar refractivity (Wildman–Crippen MR) is 31.0 cm³/mol. The minimum atomic E-state index is -0.984. The van der Waals surface area contributed by atoms with Gasteiger partial charge >= 0.3 is 0 Å². The molecule has 8 heavy (non-hydrogen) atoms. The van der Waals surface area contributed by atoms with Crippen molar-refractivity contribution in [2.24, 2.45) is 0 Å². The van der Waals surface area contributed by atoms with Crippen molar-refractivity contribution in [3.05, 3.63) is 0 Å². The number of alkyl halides is 1. The average Bonchev–Trinajstić information content (AvgIpc) is 1.67. The Balaban J connectivity index is 3.70. The molecule has 0 spiro atoms. The molecule has 3 heteroatoms. The van der Waals surface area contributed by atoms with E-state index in [0.717, 1.165) is 0 Å². The zero-order chi connectivity index (χ0) is 6.62. The molecule has 0 saturated carbocycles. The molecule has 0 aromatic rings. The fourth-order valence-electron chi connectivity index (χ4n) is 0.211. The third-order valence-electron chi connectivity index (χ3n) is 0.728. The van der Waals surface area contributed by atoms with Gasteiger partial charge in [-0.2, -0.15) is 0 Å². The van der Waals surface area contributed by atoms with E-state index in [1.54, 1.807) is 0 Å². The third-order valence-corrected chi connectivity index (χ3v) is 0.972. The second-order valence-corrected chi connectivity index (χ2v) is 2.63. The summed E-state index contributed by atoms with van der Waals surface area (Å²) in [5.41, 5.74) is 0. The Labute approximate surface area is 52.8 Å². The van der Waals surface area contributed by atoms with Crippen LogP contribution in [0.5, 0.6) is 0 Å². The molecule has 0 aromatic carbocycles. The van der Waals surface area contributed by atoms with Crippen LogP contribution in [0.3, 0.4) is 0 Å². The average molecular weight is 135 g/mol. The summed E-state index contributed by atoms with van der Waals surface area (Å²) >= 11 is 5.42. The Bertz CT molecular complexity index is 98.6. The Kier molecular flexibility index (Phi) is 2.69. The highest BCUT2D eigenvalue weighted by Crippen LogP contribution is 2.12. The summed E-state index contributed by atoms with van der Waals surface area (Å²) in [6.45, 7) is 1.50. The summed E-state index contributed by atoms with van der Waals surface area (Å²) in [6.07, 6.45) is 1.27. The van der Waals surface area contributed by atoms with E-state index in [-0.39, 0.29) is 6.42 Å². The number of halogens is 1. The van der Waals surface area contributed by atoms with Gasteiger partial charge in [0.1, 0.15) is 17.4 Å². The van der Waals surface area contributed by atoms with Crippen molar-refractivity contribution in [2.75, 3.05) is 0 Å². The molecular formula is C5H7ClO2. The first-order valence-electron chi connectivity index (χ1n) is 2.21. The Morgan fingerprint density at radius 3 is 2.25 bits per heavy atom. The fourth-order valence-corrected chi connectivity index (χ4v) is 0.274. The van der Waals surface area contributed by atoms with Gasteiger partial charge in [-0.15, -0.1) is 11.6 Å². The predicted octanol–water partition coefficient (Wildman–Crippen LogP) is 0.772. The molecule has 46 valence electrons. The van der Waals surface area contributed by atoms with Gasteiger partial charge in [-0.25, -0.2) is 0 Å². The van der Waals surface area contributed by atoms with Crippen LogP contribution in [0, 0.1) is 0 Å². The summed E-state index contributed by atoms with van der Waals surface area (Å²) in [4.78, 5) is 18.7. The first-order chi connectivity index (χ1) is 3.62. The van der Waals surface area contributed by atoms with E-state index in [1.165, 1.54) is 6.92 Å². The standard InChI is InChI=1S/C5H7ClO2/c1-5(6,4-8)2-3-7/h3-4H,2H2,1H3. The quantitative estimate of drug-likeness (QED) is 0.422. The lowest BCUT2D eigenvalue weighted by Crippen LogP contribution is -2.17. The summed E-state index contributed by atoms with van der Waals surface area (Å²) < 4.78 is 0. The SMILES string of the molecule is CC(Cl)(C=O)CC=O. The highest BCUT2D eigenvalue weighted by atomic mass is 35.5. The molecule has 1 unspecified atom stereocenters. The molecule has 0 aliphatic carbocycles. The van der Waals surface area contributed by atoms with Crippen LogP contribution in [-0.2, 0) is 9.59 Å². The second-order valence-electron chi connectivity index (χ2n) is 1.77. The van der Waals surface area contributed by atoms with Crippen molar-refractivity contribution in [3.63, 3.8) is 0 Å². The van der Waals surface area contributed by atoms with E-state index in [9.17, 15) is 9.59 Å². The van der Waals surface area contributed by atoms with Gasteiger partial charge < -0.3 is 9.59 Å². The third kappa shape index (κ3) is 2.75. The van der Waals surface area contributed by atoms with Gasteiger partial charge in [0.2, 0.25) is 0 Å². The normalized spacial score (nSPS) is 16.8. The van der Waals surface area contributed by atoms with Crippen LogP contribution in [0.2, 0.25) is 0 Å². The van der Waals surface area contributed by atoms with Crippen LogP contribution < -0.4 is 0 Å². The fraction of sp³-hybridized carbons (Fsp3) is 0.600. The lowest BCUT2D eigenvalue weighted by Gasteiger charge is -2.06. The van der Waals surface area contributed by atoms with Gasteiger partial charge in [-0.1, -0.05) is 0 Å². The highest BCUT2D eigenvalue weighted by molar-refractivity contribution is 6.32. The van der Waals surface area contributed by atoms with E-state index in [4.69, 9.17) is 11.6 Å². The Morgan fingerprint density at radius 2 is 2.12 bits per heavy atom. The maximum absolute atomic E-state index is 9.93. The van der Waals surface area contributed by atoms with Crippen LogP contribution in [-0.4, -0.2) is 17.4 Å². The topological polar surface area (TPSA) is 34.1 Å². The van der Waals surface area contributed by atoms with Crippen molar-refractivity contribution in [3.8, 4) is 0 Å². The van der Waals surface area contributed by atoms with Crippen molar-refractivity contribution in [2.45, 2.75) is 18.2 Å². The number of carbonyl (C=O) groups excluding carboxylic acids is 2. The molecule has 0 fully saturated rings. The molecule has 0 bridgehead atoms. The van der Waals surface area contributed by atoms with Gasteiger partial charge in [-0.05, 0) is 6.92 Å². The Hall–Kier alpha value is -0.370. The number of hydrogen-bond acceptors (Lipinski definition) is 2. The van der Waals surface area contributed by atoms with Crippen LogP contribution in [0.15, 0.2) is 0 Å². The lowest BCUT2D eigenvalue weighted by atomic mass is 10.1.